The Morgan fingerprint density at radius 2 is 2.29 bits per heavy atom. The van der Waals surface area contributed by atoms with Crippen LogP contribution in [0.4, 0.5) is 11.4 Å². The minimum atomic E-state index is -0.591. The molecule has 0 saturated heterocycles. The average Bonchev–Trinajstić information content (AvgIpc) is 2.35. The number of carbonyl (C=O) groups excluding carboxylic acids is 1. The van der Waals surface area contributed by atoms with Crippen molar-refractivity contribution in [2.45, 2.75) is 18.9 Å². The van der Waals surface area contributed by atoms with Gasteiger partial charge in [0.1, 0.15) is 0 Å². The Morgan fingerprint density at radius 1 is 1.47 bits per heavy atom. The van der Waals surface area contributed by atoms with E-state index < -0.39 is 6.10 Å². The Bertz CT molecular complexity index is 423. The van der Waals surface area contributed by atoms with Gasteiger partial charge in [0, 0.05) is 13.0 Å². The number of hydrogen-bond donors (Lipinski definition) is 3. The first-order chi connectivity index (χ1) is 8.20. The fraction of sp³-hybridized carbons (Fsp3) is 0.417. The molecule has 5 heteroatoms. The van der Waals surface area contributed by atoms with Crippen LogP contribution in [0.25, 0.3) is 0 Å². The molecule has 0 radical (unpaired) electrons. The molecule has 2 rings (SSSR count). The van der Waals surface area contributed by atoms with Crippen molar-refractivity contribution >= 4 is 28.9 Å². The number of para-hydroxylation sites is 1. The van der Waals surface area contributed by atoms with Gasteiger partial charge in [0.25, 0.3) is 0 Å². The van der Waals surface area contributed by atoms with Gasteiger partial charge >= 0.3 is 0 Å². The van der Waals surface area contributed by atoms with Crippen LogP contribution in [0.1, 0.15) is 12.0 Å². The fourth-order valence-electron chi connectivity index (χ4n) is 1.84. The molecule has 0 aliphatic carbocycles. The number of carbonyl (C=O) groups is 1. The molecule has 4 nitrogen and oxygen atoms in total. The highest BCUT2D eigenvalue weighted by atomic mass is 35.5. The lowest BCUT2D eigenvalue weighted by Gasteiger charge is -2.21. The predicted molar refractivity (Wildman–Crippen MR) is 68.6 cm³/mol. The summed E-state index contributed by atoms with van der Waals surface area (Å²) in [5.74, 6) is 0.221. The maximum atomic E-state index is 11.4. The standard InChI is InChI=1S/C12H15ClN2O2/c13-6-9(16)7-14-10-3-1-2-8-4-5-11(17)15-12(8)10/h1-3,9,14,16H,4-7H2,(H,15,17). The van der Waals surface area contributed by atoms with E-state index >= 15 is 0 Å². The molecule has 0 fully saturated rings. The number of hydrogen-bond acceptors (Lipinski definition) is 3. The molecule has 0 aromatic heterocycles. The molecule has 1 amide bonds. The van der Waals surface area contributed by atoms with E-state index in [9.17, 15) is 9.90 Å². The van der Waals surface area contributed by atoms with E-state index in [1.54, 1.807) is 0 Å². The second-order valence-corrected chi connectivity index (χ2v) is 4.39. The Balaban J connectivity index is 2.14. The van der Waals surface area contributed by atoms with Crippen LogP contribution in [-0.2, 0) is 11.2 Å². The molecule has 1 aliphatic heterocycles. The summed E-state index contributed by atoms with van der Waals surface area (Å²) in [4.78, 5) is 11.4. The number of nitrogens with one attached hydrogen (secondary N) is 2. The number of fused-ring (bicyclic) bond motifs is 1. The van der Waals surface area contributed by atoms with Gasteiger partial charge in [-0.15, -0.1) is 11.6 Å². The van der Waals surface area contributed by atoms with Crippen LogP contribution < -0.4 is 10.6 Å². The quantitative estimate of drug-likeness (QED) is 0.715. The van der Waals surface area contributed by atoms with E-state index in [0.29, 0.717) is 13.0 Å². The van der Waals surface area contributed by atoms with Crippen molar-refractivity contribution in [1.29, 1.82) is 0 Å². The lowest BCUT2D eigenvalue weighted by molar-refractivity contribution is -0.116. The highest BCUT2D eigenvalue weighted by Crippen LogP contribution is 2.30. The van der Waals surface area contributed by atoms with Crippen molar-refractivity contribution in [1.82, 2.24) is 0 Å². The first-order valence-electron chi connectivity index (χ1n) is 5.60. The second kappa shape index (κ2) is 5.38. The van der Waals surface area contributed by atoms with Crippen molar-refractivity contribution in [2.24, 2.45) is 0 Å². The number of aliphatic hydroxyl groups is 1. The third-order valence-corrected chi connectivity index (χ3v) is 3.10. The van der Waals surface area contributed by atoms with Crippen LogP contribution in [0, 0.1) is 0 Å². The first kappa shape index (κ1) is 12.2. The molecular formula is C12H15ClN2O2. The van der Waals surface area contributed by atoms with E-state index in [0.717, 1.165) is 23.4 Å². The number of anilines is 2. The molecule has 3 N–H and O–H groups in total. The SMILES string of the molecule is O=C1CCc2cccc(NCC(O)CCl)c2N1. The normalized spacial score (nSPS) is 16.0. The lowest BCUT2D eigenvalue weighted by Crippen LogP contribution is -2.24. The zero-order valence-corrected chi connectivity index (χ0v) is 10.1. The van der Waals surface area contributed by atoms with Gasteiger partial charge < -0.3 is 15.7 Å². The number of rotatable bonds is 4. The summed E-state index contributed by atoms with van der Waals surface area (Å²) in [5, 5.41) is 15.3. The van der Waals surface area contributed by atoms with E-state index in [4.69, 9.17) is 11.6 Å². The highest BCUT2D eigenvalue weighted by Gasteiger charge is 2.17. The number of amides is 1. The maximum absolute atomic E-state index is 11.4. The largest absolute Gasteiger partial charge is 0.390 e. The zero-order valence-electron chi connectivity index (χ0n) is 9.37. The molecule has 0 bridgehead atoms. The third-order valence-electron chi connectivity index (χ3n) is 2.74. The molecular weight excluding hydrogens is 240 g/mol. The summed E-state index contributed by atoms with van der Waals surface area (Å²) in [6.45, 7) is 0.371. The summed E-state index contributed by atoms with van der Waals surface area (Å²) >= 11 is 5.53. The summed E-state index contributed by atoms with van der Waals surface area (Å²) in [5.41, 5.74) is 2.78. The van der Waals surface area contributed by atoms with Crippen molar-refractivity contribution in [3.63, 3.8) is 0 Å². The lowest BCUT2D eigenvalue weighted by atomic mass is 10.0. The van der Waals surface area contributed by atoms with E-state index in [1.807, 2.05) is 18.2 Å². The first-order valence-corrected chi connectivity index (χ1v) is 6.14. The summed E-state index contributed by atoms with van der Waals surface area (Å²) in [7, 11) is 0. The molecule has 0 spiro atoms. The average molecular weight is 255 g/mol. The number of benzene rings is 1. The summed E-state index contributed by atoms with van der Waals surface area (Å²) in [6.07, 6.45) is 0.696. The van der Waals surface area contributed by atoms with E-state index in [1.165, 1.54) is 0 Å². The number of alkyl halides is 1. The maximum Gasteiger partial charge on any atom is 0.224 e. The second-order valence-electron chi connectivity index (χ2n) is 4.08. The molecule has 17 heavy (non-hydrogen) atoms. The van der Waals surface area contributed by atoms with Crippen LogP contribution in [0.5, 0.6) is 0 Å². The van der Waals surface area contributed by atoms with Crippen LogP contribution in [0.2, 0.25) is 0 Å². The summed E-state index contributed by atoms with van der Waals surface area (Å²) < 4.78 is 0. The minimum Gasteiger partial charge on any atom is -0.390 e. The monoisotopic (exact) mass is 254 g/mol. The van der Waals surface area contributed by atoms with Crippen LogP contribution in [0.3, 0.4) is 0 Å². The Labute approximate surface area is 105 Å². The molecule has 1 heterocycles. The Kier molecular flexibility index (Phi) is 3.86. The van der Waals surface area contributed by atoms with Gasteiger partial charge in [-0.05, 0) is 18.1 Å². The Morgan fingerprint density at radius 3 is 3.06 bits per heavy atom. The fourth-order valence-corrected chi connectivity index (χ4v) is 1.94. The van der Waals surface area contributed by atoms with Crippen LogP contribution in [-0.4, -0.2) is 29.5 Å². The van der Waals surface area contributed by atoms with Gasteiger partial charge in [0.2, 0.25) is 5.91 Å². The van der Waals surface area contributed by atoms with Gasteiger partial charge in [0.05, 0.1) is 23.4 Å². The van der Waals surface area contributed by atoms with Gasteiger partial charge in [-0.3, -0.25) is 4.79 Å². The zero-order chi connectivity index (χ0) is 12.3. The predicted octanol–water partition coefficient (Wildman–Crippen LogP) is 1.58. The molecule has 1 aromatic carbocycles. The van der Waals surface area contributed by atoms with Crippen molar-refractivity contribution in [3.05, 3.63) is 23.8 Å². The van der Waals surface area contributed by atoms with Crippen molar-refractivity contribution in [3.8, 4) is 0 Å². The van der Waals surface area contributed by atoms with Crippen molar-refractivity contribution < 1.29 is 9.90 Å². The van der Waals surface area contributed by atoms with Gasteiger partial charge in [0.15, 0.2) is 0 Å². The smallest absolute Gasteiger partial charge is 0.224 e. The third kappa shape index (κ3) is 2.90. The number of halogens is 1. The molecule has 1 aromatic rings. The van der Waals surface area contributed by atoms with Crippen LogP contribution >= 0.6 is 11.6 Å². The Hall–Kier alpha value is -1.26. The summed E-state index contributed by atoms with van der Waals surface area (Å²) in [6, 6.07) is 5.81. The van der Waals surface area contributed by atoms with Gasteiger partial charge in [-0.1, -0.05) is 12.1 Å². The molecule has 92 valence electrons. The molecule has 0 saturated carbocycles. The molecule has 1 atom stereocenters. The number of aliphatic hydroxyl groups excluding tert-OH is 1. The topological polar surface area (TPSA) is 61.4 Å². The highest BCUT2D eigenvalue weighted by molar-refractivity contribution is 6.18. The molecule has 1 aliphatic rings. The van der Waals surface area contributed by atoms with E-state index in [-0.39, 0.29) is 11.8 Å². The van der Waals surface area contributed by atoms with Gasteiger partial charge in [-0.2, -0.15) is 0 Å². The minimum absolute atomic E-state index is 0.0321. The number of aryl methyl sites for hydroxylation is 1. The molecule has 1 unspecified atom stereocenters. The van der Waals surface area contributed by atoms with Gasteiger partial charge in [-0.25, -0.2) is 0 Å². The van der Waals surface area contributed by atoms with Crippen molar-refractivity contribution in [2.75, 3.05) is 23.1 Å². The van der Waals surface area contributed by atoms with Crippen LogP contribution in [0.15, 0.2) is 18.2 Å². The van der Waals surface area contributed by atoms with E-state index in [2.05, 4.69) is 10.6 Å².